The van der Waals surface area contributed by atoms with Crippen LogP contribution in [-0.4, -0.2) is 17.4 Å². The Balaban J connectivity index is 2.14. The van der Waals surface area contributed by atoms with Crippen molar-refractivity contribution in [1.82, 2.24) is 4.98 Å². The van der Waals surface area contributed by atoms with Gasteiger partial charge in [-0.3, -0.25) is 9.78 Å². The van der Waals surface area contributed by atoms with E-state index in [4.69, 9.17) is 5.73 Å². The SMILES string of the molecule is Cc1cnccc1NC(=O)C1(CN)CCCC1. The molecule has 1 aromatic heterocycles. The van der Waals surface area contributed by atoms with Gasteiger partial charge in [0.2, 0.25) is 5.91 Å². The van der Waals surface area contributed by atoms with Crippen molar-refractivity contribution in [3.05, 3.63) is 24.0 Å². The van der Waals surface area contributed by atoms with Gasteiger partial charge >= 0.3 is 0 Å². The van der Waals surface area contributed by atoms with Crippen LogP contribution in [-0.2, 0) is 4.79 Å². The molecule has 0 bridgehead atoms. The van der Waals surface area contributed by atoms with Gasteiger partial charge in [0.15, 0.2) is 0 Å². The fourth-order valence-corrected chi connectivity index (χ4v) is 2.44. The van der Waals surface area contributed by atoms with Gasteiger partial charge < -0.3 is 11.1 Å². The van der Waals surface area contributed by atoms with Crippen LogP contribution in [0, 0.1) is 12.3 Å². The molecular weight excluding hydrogens is 214 g/mol. The molecule has 0 saturated heterocycles. The molecule has 1 amide bonds. The number of carbonyl (C=O) groups excluding carboxylic acids is 1. The number of nitrogens with one attached hydrogen (secondary N) is 1. The molecule has 1 saturated carbocycles. The van der Waals surface area contributed by atoms with Gasteiger partial charge in [-0.15, -0.1) is 0 Å². The maximum Gasteiger partial charge on any atom is 0.231 e. The fraction of sp³-hybridized carbons (Fsp3) is 0.538. The Kier molecular flexibility index (Phi) is 3.43. The van der Waals surface area contributed by atoms with Crippen LogP contribution in [0.1, 0.15) is 31.2 Å². The van der Waals surface area contributed by atoms with E-state index in [9.17, 15) is 4.79 Å². The number of anilines is 1. The molecule has 4 heteroatoms. The van der Waals surface area contributed by atoms with E-state index in [2.05, 4.69) is 10.3 Å². The maximum absolute atomic E-state index is 12.3. The zero-order chi connectivity index (χ0) is 12.3. The highest BCUT2D eigenvalue weighted by Gasteiger charge is 2.39. The monoisotopic (exact) mass is 233 g/mol. The molecule has 3 N–H and O–H groups in total. The first-order chi connectivity index (χ1) is 8.18. The second kappa shape index (κ2) is 4.84. The highest BCUT2D eigenvalue weighted by molar-refractivity contribution is 5.96. The lowest BCUT2D eigenvalue weighted by Gasteiger charge is -2.26. The number of hydrogen-bond donors (Lipinski definition) is 2. The van der Waals surface area contributed by atoms with E-state index in [0.717, 1.165) is 36.9 Å². The van der Waals surface area contributed by atoms with Gasteiger partial charge in [-0.25, -0.2) is 0 Å². The summed E-state index contributed by atoms with van der Waals surface area (Å²) < 4.78 is 0. The first-order valence-corrected chi connectivity index (χ1v) is 6.10. The number of hydrogen-bond acceptors (Lipinski definition) is 3. The Bertz CT molecular complexity index is 411. The van der Waals surface area contributed by atoms with E-state index in [1.54, 1.807) is 12.4 Å². The molecule has 0 aliphatic heterocycles. The average Bonchev–Trinajstić information content (AvgIpc) is 2.82. The second-order valence-corrected chi connectivity index (χ2v) is 4.84. The summed E-state index contributed by atoms with van der Waals surface area (Å²) in [5, 5.41) is 2.98. The van der Waals surface area contributed by atoms with Crippen molar-refractivity contribution in [2.75, 3.05) is 11.9 Å². The zero-order valence-electron chi connectivity index (χ0n) is 10.2. The highest BCUT2D eigenvalue weighted by Crippen LogP contribution is 2.38. The van der Waals surface area contributed by atoms with Crippen LogP contribution < -0.4 is 11.1 Å². The van der Waals surface area contributed by atoms with Crippen molar-refractivity contribution in [2.24, 2.45) is 11.1 Å². The van der Waals surface area contributed by atoms with E-state index in [0.29, 0.717) is 6.54 Å². The van der Waals surface area contributed by atoms with Crippen LogP contribution in [0.15, 0.2) is 18.5 Å². The van der Waals surface area contributed by atoms with Crippen LogP contribution in [0.2, 0.25) is 0 Å². The predicted molar refractivity (Wildman–Crippen MR) is 67.6 cm³/mol. The van der Waals surface area contributed by atoms with Gasteiger partial charge in [-0.2, -0.15) is 0 Å². The Labute approximate surface area is 102 Å². The number of rotatable bonds is 3. The third kappa shape index (κ3) is 2.31. The summed E-state index contributed by atoms with van der Waals surface area (Å²) in [6, 6.07) is 1.83. The number of nitrogens with zero attached hydrogens (tertiary/aromatic N) is 1. The van der Waals surface area contributed by atoms with Gasteiger partial charge in [-0.05, 0) is 31.4 Å². The van der Waals surface area contributed by atoms with E-state index < -0.39 is 0 Å². The van der Waals surface area contributed by atoms with E-state index in [1.807, 2.05) is 13.0 Å². The largest absolute Gasteiger partial charge is 0.329 e. The van der Waals surface area contributed by atoms with Gasteiger partial charge in [0.25, 0.3) is 0 Å². The van der Waals surface area contributed by atoms with E-state index >= 15 is 0 Å². The summed E-state index contributed by atoms with van der Waals surface area (Å²) in [5.74, 6) is 0.0619. The molecule has 0 atom stereocenters. The smallest absolute Gasteiger partial charge is 0.231 e. The standard InChI is InChI=1S/C13H19N3O/c1-10-8-15-7-4-11(10)16-12(17)13(9-14)5-2-3-6-13/h4,7-8H,2-3,5-6,9,14H2,1H3,(H,15,16,17). The molecule has 1 heterocycles. The topological polar surface area (TPSA) is 68.0 Å². The third-order valence-electron chi connectivity index (χ3n) is 3.70. The Morgan fingerprint density at radius 2 is 2.24 bits per heavy atom. The van der Waals surface area contributed by atoms with E-state index in [1.165, 1.54) is 0 Å². The van der Waals surface area contributed by atoms with Crippen LogP contribution >= 0.6 is 0 Å². The molecule has 4 nitrogen and oxygen atoms in total. The molecule has 0 spiro atoms. The van der Waals surface area contributed by atoms with Crippen LogP contribution in [0.25, 0.3) is 0 Å². The minimum Gasteiger partial charge on any atom is -0.329 e. The molecule has 0 aromatic carbocycles. The van der Waals surface area contributed by atoms with Gasteiger partial charge in [-0.1, -0.05) is 12.8 Å². The third-order valence-corrected chi connectivity index (χ3v) is 3.70. The highest BCUT2D eigenvalue weighted by atomic mass is 16.2. The second-order valence-electron chi connectivity index (χ2n) is 4.84. The molecule has 0 radical (unpaired) electrons. The molecule has 17 heavy (non-hydrogen) atoms. The van der Waals surface area contributed by atoms with Crippen molar-refractivity contribution in [1.29, 1.82) is 0 Å². The summed E-state index contributed by atoms with van der Waals surface area (Å²) in [4.78, 5) is 16.3. The number of amides is 1. The average molecular weight is 233 g/mol. The summed E-state index contributed by atoms with van der Waals surface area (Å²) in [7, 11) is 0. The Morgan fingerprint density at radius 1 is 1.53 bits per heavy atom. The fourth-order valence-electron chi connectivity index (χ4n) is 2.44. The molecule has 2 rings (SSSR count). The maximum atomic E-state index is 12.3. The lowest BCUT2D eigenvalue weighted by Crippen LogP contribution is -2.40. The van der Waals surface area contributed by atoms with Crippen molar-refractivity contribution in [3.8, 4) is 0 Å². The number of carbonyl (C=O) groups is 1. The first-order valence-electron chi connectivity index (χ1n) is 6.10. The predicted octanol–water partition coefficient (Wildman–Crippen LogP) is 1.85. The number of nitrogens with two attached hydrogens (primary N) is 1. The molecular formula is C13H19N3O. The number of pyridine rings is 1. The molecule has 92 valence electrons. The van der Waals surface area contributed by atoms with Crippen LogP contribution in [0.5, 0.6) is 0 Å². The van der Waals surface area contributed by atoms with Crippen molar-refractivity contribution in [2.45, 2.75) is 32.6 Å². The quantitative estimate of drug-likeness (QED) is 0.837. The van der Waals surface area contributed by atoms with Crippen LogP contribution in [0.3, 0.4) is 0 Å². The van der Waals surface area contributed by atoms with Crippen LogP contribution in [0.4, 0.5) is 5.69 Å². The molecule has 1 fully saturated rings. The van der Waals surface area contributed by atoms with Crippen molar-refractivity contribution >= 4 is 11.6 Å². The van der Waals surface area contributed by atoms with Gasteiger partial charge in [0.1, 0.15) is 0 Å². The Morgan fingerprint density at radius 3 is 2.82 bits per heavy atom. The minimum atomic E-state index is -0.351. The normalized spacial score (nSPS) is 18.0. The first kappa shape index (κ1) is 12.0. The van der Waals surface area contributed by atoms with Gasteiger partial charge in [0.05, 0.1) is 5.41 Å². The minimum absolute atomic E-state index is 0.0619. The van der Waals surface area contributed by atoms with E-state index in [-0.39, 0.29) is 11.3 Å². The Hall–Kier alpha value is -1.42. The van der Waals surface area contributed by atoms with Crippen molar-refractivity contribution < 1.29 is 4.79 Å². The summed E-state index contributed by atoms with van der Waals surface area (Å²) in [6.07, 6.45) is 7.44. The lowest BCUT2D eigenvalue weighted by molar-refractivity contribution is -0.124. The summed E-state index contributed by atoms with van der Waals surface area (Å²) >= 11 is 0. The zero-order valence-corrected chi connectivity index (χ0v) is 10.2. The number of aryl methyl sites for hydroxylation is 1. The molecule has 1 aromatic rings. The number of aromatic nitrogens is 1. The van der Waals surface area contributed by atoms with Crippen molar-refractivity contribution in [3.63, 3.8) is 0 Å². The lowest BCUT2D eigenvalue weighted by atomic mass is 9.85. The molecule has 1 aliphatic carbocycles. The summed E-state index contributed by atoms with van der Waals surface area (Å²) in [5.41, 5.74) is 7.25. The summed E-state index contributed by atoms with van der Waals surface area (Å²) in [6.45, 7) is 2.37. The molecule has 0 unspecified atom stereocenters. The molecule has 1 aliphatic rings. The van der Waals surface area contributed by atoms with Gasteiger partial charge in [0, 0.05) is 24.6 Å².